The molecule has 0 bridgehead atoms. The van der Waals surface area contributed by atoms with Crippen molar-refractivity contribution in [3.63, 3.8) is 0 Å². The Morgan fingerprint density at radius 2 is 1.93 bits per heavy atom. The number of hydrogen-bond acceptors (Lipinski definition) is 4. The van der Waals surface area contributed by atoms with Gasteiger partial charge in [0, 0.05) is 25.2 Å². The Bertz CT molecular complexity index is 814. The van der Waals surface area contributed by atoms with Crippen molar-refractivity contribution in [1.29, 1.82) is 0 Å². The van der Waals surface area contributed by atoms with Crippen molar-refractivity contribution < 1.29 is 14.3 Å². The summed E-state index contributed by atoms with van der Waals surface area (Å²) in [6.07, 6.45) is 2.65. The highest BCUT2D eigenvalue weighted by molar-refractivity contribution is 5.97. The number of rotatable bonds is 8. The van der Waals surface area contributed by atoms with Gasteiger partial charge in [0.1, 0.15) is 5.75 Å². The van der Waals surface area contributed by atoms with Crippen LogP contribution in [0.5, 0.6) is 5.75 Å². The molecule has 1 aliphatic heterocycles. The van der Waals surface area contributed by atoms with E-state index in [2.05, 4.69) is 16.3 Å². The SMILES string of the molecule is CC/C(=C\c1ccccc1)C(=O)NCC(c1cccc(OC)c1)N1CCOCC1. The maximum absolute atomic E-state index is 12.9. The molecule has 29 heavy (non-hydrogen) atoms. The standard InChI is InChI=1S/C24H30N2O3/c1-3-20(16-19-8-5-4-6-9-19)24(27)25-18-23(26-12-14-29-15-13-26)21-10-7-11-22(17-21)28-2/h4-11,16-17,23H,3,12-15,18H2,1-2H3,(H,25,27)/b20-16+. The van der Waals surface area contributed by atoms with E-state index in [1.807, 2.05) is 61.5 Å². The highest BCUT2D eigenvalue weighted by Gasteiger charge is 2.24. The third kappa shape index (κ3) is 5.92. The molecular weight excluding hydrogens is 364 g/mol. The maximum Gasteiger partial charge on any atom is 0.247 e. The lowest BCUT2D eigenvalue weighted by Crippen LogP contribution is -2.44. The van der Waals surface area contributed by atoms with Crippen LogP contribution in [0.3, 0.4) is 0 Å². The third-order valence-electron chi connectivity index (χ3n) is 5.23. The number of ether oxygens (including phenoxy) is 2. The van der Waals surface area contributed by atoms with E-state index < -0.39 is 0 Å². The number of carbonyl (C=O) groups is 1. The van der Waals surface area contributed by atoms with E-state index in [4.69, 9.17) is 9.47 Å². The van der Waals surface area contributed by atoms with E-state index in [0.717, 1.165) is 35.5 Å². The molecular formula is C24H30N2O3. The van der Waals surface area contributed by atoms with E-state index in [0.29, 0.717) is 26.2 Å². The van der Waals surface area contributed by atoms with E-state index in [1.165, 1.54) is 0 Å². The summed E-state index contributed by atoms with van der Waals surface area (Å²) in [5.41, 5.74) is 2.95. The summed E-state index contributed by atoms with van der Waals surface area (Å²) in [4.78, 5) is 15.2. The molecule has 1 atom stereocenters. The second-order valence-corrected chi connectivity index (χ2v) is 7.08. The molecule has 1 unspecified atom stereocenters. The summed E-state index contributed by atoms with van der Waals surface area (Å²) < 4.78 is 10.9. The normalized spacial score (nSPS) is 16.3. The summed E-state index contributed by atoms with van der Waals surface area (Å²) in [6, 6.07) is 18.1. The minimum absolute atomic E-state index is 0.0162. The van der Waals surface area contributed by atoms with Crippen LogP contribution in [0.25, 0.3) is 6.08 Å². The van der Waals surface area contributed by atoms with E-state index >= 15 is 0 Å². The van der Waals surface area contributed by atoms with E-state index in [9.17, 15) is 4.79 Å². The molecule has 1 fully saturated rings. The monoisotopic (exact) mass is 394 g/mol. The van der Waals surface area contributed by atoms with E-state index in [1.54, 1.807) is 7.11 Å². The highest BCUT2D eigenvalue weighted by atomic mass is 16.5. The number of nitrogens with one attached hydrogen (secondary N) is 1. The van der Waals surface area contributed by atoms with Gasteiger partial charge in [0.25, 0.3) is 0 Å². The molecule has 3 rings (SSSR count). The smallest absolute Gasteiger partial charge is 0.247 e. The number of amides is 1. The summed E-state index contributed by atoms with van der Waals surface area (Å²) >= 11 is 0. The first kappa shape index (κ1) is 21.1. The van der Waals surface area contributed by atoms with Gasteiger partial charge in [-0.1, -0.05) is 49.4 Å². The zero-order valence-electron chi connectivity index (χ0n) is 17.3. The first-order valence-corrected chi connectivity index (χ1v) is 10.2. The molecule has 1 amide bonds. The van der Waals surface area contributed by atoms with Crippen LogP contribution >= 0.6 is 0 Å². The van der Waals surface area contributed by atoms with Gasteiger partial charge in [0.2, 0.25) is 5.91 Å². The van der Waals surface area contributed by atoms with Gasteiger partial charge in [0.05, 0.1) is 26.4 Å². The topological polar surface area (TPSA) is 50.8 Å². The Balaban J connectivity index is 1.74. The average molecular weight is 395 g/mol. The quantitative estimate of drug-likeness (QED) is 0.694. The molecule has 1 aliphatic rings. The summed E-state index contributed by atoms with van der Waals surface area (Å²) in [5.74, 6) is 0.808. The molecule has 154 valence electrons. The van der Waals surface area contributed by atoms with Crippen LogP contribution in [0.1, 0.15) is 30.5 Å². The lowest BCUT2D eigenvalue weighted by Gasteiger charge is -2.35. The van der Waals surface area contributed by atoms with Gasteiger partial charge in [-0.2, -0.15) is 0 Å². The Morgan fingerprint density at radius 3 is 2.62 bits per heavy atom. The lowest BCUT2D eigenvalue weighted by molar-refractivity contribution is -0.117. The van der Waals surface area contributed by atoms with Crippen molar-refractivity contribution in [2.24, 2.45) is 0 Å². The van der Waals surface area contributed by atoms with Crippen LogP contribution in [0.4, 0.5) is 0 Å². The number of nitrogens with zero attached hydrogens (tertiary/aromatic N) is 1. The Kier molecular flexibility index (Phi) is 7.85. The molecule has 2 aromatic rings. The van der Waals surface area contributed by atoms with Gasteiger partial charge in [-0.3, -0.25) is 9.69 Å². The van der Waals surface area contributed by atoms with Crippen LogP contribution in [0, 0.1) is 0 Å². The van der Waals surface area contributed by atoms with Gasteiger partial charge in [0.15, 0.2) is 0 Å². The first-order valence-electron chi connectivity index (χ1n) is 10.2. The van der Waals surface area contributed by atoms with Gasteiger partial charge in [-0.25, -0.2) is 0 Å². The lowest BCUT2D eigenvalue weighted by atomic mass is 10.0. The zero-order chi connectivity index (χ0) is 20.5. The molecule has 0 spiro atoms. The van der Waals surface area contributed by atoms with Gasteiger partial charge >= 0.3 is 0 Å². The van der Waals surface area contributed by atoms with Gasteiger partial charge in [-0.15, -0.1) is 0 Å². The zero-order valence-corrected chi connectivity index (χ0v) is 17.3. The van der Waals surface area contributed by atoms with Gasteiger partial charge < -0.3 is 14.8 Å². The van der Waals surface area contributed by atoms with Gasteiger partial charge in [-0.05, 0) is 35.8 Å². The van der Waals surface area contributed by atoms with Crippen molar-refractivity contribution in [3.05, 3.63) is 71.3 Å². The van der Waals surface area contributed by atoms with Crippen LogP contribution < -0.4 is 10.1 Å². The molecule has 5 nitrogen and oxygen atoms in total. The molecule has 1 heterocycles. The summed E-state index contributed by atoms with van der Waals surface area (Å²) in [7, 11) is 1.67. The van der Waals surface area contributed by atoms with Crippen molar-refractivity contribution in [2.75, 3.05) is 40.0 Å². The fourth-order valence-electron chi connectivity index (χ4n) is 3.58. The first-order chi connectivity index (χ1) is 14.2. The molecule has 1 N–H and O–H groups in total. The Hall–Kier alpha value is -2.63. The number of methoxy groups -OCH3 is 1. The molecule has 5 heteroatoms. The number of hydrogen-bond donors (Lipinski definition) is 1. The minimum atomic E-state index is -0.0162. The average Bonchev–Trinajstić information content (AvgIpc) is 2.79. The number of morpholine rings is 1. The Labute approximate surface area is 173 Å². The predicted molar refractivity (Wildman–Crippen MR) is 116 cm³/mol. The number of carbonyl (C=O) groups excluding carboxylic acids is 1. The Morgan fingerprint density at radius 1 is 1.17 bits per heavy atom. The van der Waals surface area contributed by atoms with Crippen molar-refractivity contribution in [2.45, 2.75) is 19.4 Å². The van der Waals surface area contributed by atoms with Crippen molar-refractivity contribution in [3.8, 4) is 5.75 Å². The maximum atomic E-state index is 12.9. The third-order valence-corrected chi connectivity index (χ3v) is 5.23. The molecule has 2 aromatic carbocycles. The fraction of sp³-hybridized carbons (Fsp3) is 0.375. The van der Waals surface area contributed by atoms with Crippen LogP contribution in [-0.4, -0.2) is 50.8 Å². The van der Waals surface area contributed by atoms with Crippen LogP contribution in [0.15, 0.2) is 60.2 Å². The summed E-state index contributed by atoms with van der Waals surface area (Å²) in [5, 5.41) is 3.16. The molecule has 0 aliphatic carbocycles. The molecule has 0 aromatic heterocycles. The molecule has 0 saturated carbocycles. The van der Waals surface area contributed by atoms with E-state index in [-0.39, 0.29) is 11.9 Å². The van der Waals surface area contributed by atoms with Crippen LogP contribution in [0.2, 0.25) is 0 Å². The largest absolute Gasteiger partial charge is 0.497 e. The predicted octanol–water partition coefficient (Wildman–Crippen LogP) is 3.68. The van der Waals surface area contributed by atoms with Crippen molar-refractivity contribution in [1.82, 2.24) is 10.2 Å². The van der Waals surface area contributed by atoms with Crippen LogP contribution in [-0.2, 0) is 9.53 Å². The van der Waals surface area contributed by atoms with Crippen molar-refractivity contribution >= 4 is 12.0 Å². The molecule has 1 saturated heterocycles. The second-order valence-electron chi connectivity index (χ2n) is 7.08. The number of benzene rings is 2. The minimum Gasteiger partial charge on any atom is -0.497 e. The summed E-state index contributed by atoms with van der Waals surface area (Å²) in [6.45, 7) is 5.66. The second kappa shape index (κ2) is 10.8. The fourth-order valence-corrected chi connectivity index (χ4v) is 3.58. The highest BCUT2D eigenvalue weighted by Crippen LogP contribution is 2.25. The molecule has 0 radical (unpaired) electrons.